The van der Waals surface area contributed by atoms with Gasteiger partial charge in [-0.1, -0.05) is 259 Å². The zero-order valence-corrected chi connectivity index (χ0v) is 40.2. The predicted molar refractivity (Wildman–Crippen MR) is 252 cm³/mol. The molecule has 59 heavy (non-hydrogen) atoms. The first-order chi connectivity index (χ1) is 28.9. The molecule has 0 rings (SSSR count). The van der Waals surface area contributed by atoms with Gasteiger partial charge in [0, 0.05) is 19.3 Å². The monoisotopic (exact) mass is 835 g/mol. The van der Waals surface area contributed by atoms with E-state index in [1.54, 1.807) is 0 Å². The van der Waals surface area contributed by atoms with E-state index in [1.807, 2.05) is 0 Å². The van der Waals surface area contributed by atoms with Gasteiger partial charge in [0.2, 0.25) is 0 Å². The Kier molecular flexibility index (Phi) is 46.2. The molecule has 0 aliphatic carbocycles. The van der Waals surface area contributed by atoms with Crippen molar-refractivity contribution in [1.29, 1.82) is 0 Å². The van der Waals surface area contributed by atoms with Crippen LogP contribution in [0.15, 0.2) is 0 Å². The molecule has 0 aliphatic rings. The summed E-state index contributed by atoms with van der Waals surface area (Å²) < 4.78 is 16.8. The topological polar surface area (TPSA) is 78.9 Å². The largest absolute Gasteiger partial charge is 0.462 e. The smallest absolute Gasteiger partial charge is 0.306 e. The number of esters is 3. The number of carbonyl (C=O) groups is 3. The number of hydrogen-bond donors (Lipinski definition) is 0. The standard InChI is InChI=1S/C53H102O6/c1-5-7-9-11-13-15-17-19-20-21-22-23-25-29-33-37-41-45-52(55)58-48-50(59-53(56)46-42-38-34-30-26-27-31-35-39-43-49(3)4)47-57-51(54)44-40-36-32-28-24-18-16-14-12-10-8-6-2/h49-50H,5-48H2,1-4H3/t50-/m1/s1. The Hall–Kier alpha value is -1.59. The van der Waals surface area contributed by atoms with Gasteiger partial charge < -0.3 is 14.2 Å². The molecule has 0 amide bonds. The Balaban J connectivity index is 4.27. The van der Waals surface area contributed by atoms with Crippen molar-refractivity contribution in [2.24, 2.45) is 5.92 Å². The molecule has 6 nitrogen and oxygen atoms in total. The Morgan fingerprint density at radius 2 is 0.559 bits per heavy atom. The van der Waals surface area contributed by atoms with Gasteiger partial charge >= 0.3 is 17.9 Å². The number of rotatable bonds is 48. The highest BCUT2D eigenvalue weighted by Gasteiger charge is 2.19. The van der Waals surface area contributed by atoms with Gasteiger partial charge in [-0.3, -0.25) is 14.4 Å². The third-order valence-electron chi connectivity index (χ3n) is 12.0. The van der Waals surface area contributed by atoms with E-state index in [2.05, 4.69) is 27.7 Å². The third kappa shape index (κ3) is 47.3. The molecule has 0 saturated carbocycles. The average molecular weight is 835 g/mol. The quantitative estimate of drug-likeness (QED) is 0.0345. The minimum Gasteiger partial charge on any atom is -0.462 e. The Morgan fingerprint density at radius 1 is 0.322 bits per heavy atom. The van der Waals surface area contributed by atoms with Crippen LogP contribution in [-0.2, 0) is 28.6 Å². The first-order valence-electron chi connectivity index (χ1n) is 26.4. The van der Waals surface area contributed by atoms with Crippen LogP contribution in [0.25, 0.3) is 0 Å². The maximum atomic E-state index is 12.8. The van der Waals surface area contributed by atoms with E-state index in [1.165, 1.54) is 193 Å². The van der Waals surface area contributed by atoms with Crippen molar-refractivity contribution in [1.82, 2.24) is 0 Å². The third-order valence-corrected chi connectivity index (χ3v) is 12.0. The molecule has 0 aromatic heterocycles. The fraction of sp³-hybridized carbons (Fsp3) is 0.943. The summed E-state index contributed by atoms with van der Waals surface area (Å²) in [6.45, 7) is 9.01. The lowest BCUT2D eigenvalue weighted by Crippen LogP contribution is -2.30. The number of hydrogen-bond acceptors (Lipinski definition) is 6. The Bertz CT molecular complexity index is 887. The van der Waals surface area contributed by atoms with Crippen LogP contribution in [-0.4, -0.2) is 37.2 Å². The molecule has 0 radical (unpaired) electrons. The van der Waals surface area contributed by atoms with Crippen LogP contribution in [0.2, 0.25) is 0 Å². The van der Waals surface area contributed by atoms with E-state index in [0.717, 1.165) is 63.7 Å². The fourth-order valence-corrected chi connectivity index (χ4v) is 8.04. The molecule has 0 aromatic carbocycles. The molecular weight excluding hydrogens is 733 g/mol. The summed E-state index contributed by atoms with van der Waals surface area (Å²) in [6, 6.07) is 0. The molecule has 0 fully saturated rings. The zero-order valence-electron chi connectivity index (χ0n) is 40.2. The van der Waals surface area contributed by atoms with Crippen molar-refractivity contribution in [3.05, 3.63) is 0 Å². The van der Waals surface area contributed by atoms with Gasteiger partial charge in [-0.05, 0) is 25.2 Å². The average Bonchev–Trinajstić information content (AvgIpc) is 3.22. The number of unbranched alkanes of at least 4 members (excludes halogenated alkanes) is 35. The summed E-state index contributed by atoms with van der Waals surface area (Å²) in [5.74, 6) is -0.0387. The molecule has 350 valence electrons. The minimum atomic E-state index is -0.761. The van der Waals surface area contributed by atoms with E-state index in [0.29, 0.717) is 19.3 Å². The summed E-state index contributed by atoms with van der Waals surface area (Å²) in [6.07, 6.45) is 49.5. The maximum Gasteiger partial charge on any atom is 0.306 e. The lowest BCUT2D eigenvalue weighted by atomic mass is 10.0. The SMILES string of the molecule is CCCCCCCCCCCCCCCCCCCC(=O)OC[C@@H](COC(=O)CCCCCCCCCCCCCC)OC(=O)CCCCCCCCCCCC(C)C. The second-order valence-corrected chi connectivity index (χ2v) is 18.6. The van der Waals surface area contributed by atoms with Gasteiger partial charge in [0.05, 0.1) is 0 Å². The lowest BCUT2D eigenvalue weighted by molar-refractivity contribution is -0.167. The first-order valence-corrected chi connectivity index (χ1v) is 26.4. The van der Waals surface area contributed by atoms with Crippen LogP contribution >= 0.6 is 0 Å². The molecule has 6 heteroatoms. The van der Waals surface area contributed by atoms with Crippen molar-refractivity contribution in [2.75, 3.05) is 13.2 Å². The van der Waals surface area contributed by atoms with E-state index in [-0.39, 0.29) is 31.1 Å². The molecule has 0 bridgehead atoms. The fourth-order valence-electron chi connectivity index (χ4n) is 8.04. The summed E-state index contributed by atoms with van der Waals surface area (Å²) in [5, 5.41) is 0. The van der Waals surface area contributed by atoms with Crippen LogP contribution in [0.4, 0.5) is 0 Å². The second kappa shape index (κ2) is 47.5. The summed E-state index contributed by atoms with van der Waals surface area (Å²) in [5.41, 5.74) is 0. The minimum absolute atomic E-state index is 0.0629. The number of ether oxygens (including phenoxy) is 3. The molecule has 0 unspecified atom stereocenters. The normalized spacial score (nSPS) is 11.9. The molecule has 0 heterocycles. The van der Waals surface area contributed by atoms with Gasteiger partial charge in [0.1, 0.15) is 13.2 Å². The van der Waals surface area contributed by atoms with Crippen LogP contribution in [0.1, 0.15) is 297 Å². The summed E-state index contributed by atoms with van der Waals surface area (Å²) in [4.78, 5) is 37.9. The van der Waals surface area contributed by atoms with E-state index < -0.39 is 6.10 Å². The molecule has 0 spiro atoms. The van der Waals surface area contributed by atoms with Crippen LogP contribution in [0.3, 0.4) is 0 Å². The van der Waals surface area contributed by atoms with Crippen LogP contribution in [0.5, 0.6) is 0 Å². The number of carbonyl (C=O) groups excluding carboxylic acids is 3. The highest BCUT2D eigenvalue weighted by atomic mass is 16.6. The summed E-state index contributed by atoms with van der Waals surface area (Å²) in [7, 11) is 0. The molecule has 0 N–H and O–H groups in total. The summed E-state index contributed by atoms with van der Waals surface area (Å²) >= 11 is 0. The van der Waals surface area contributed by atoms with Gasteiger partial charge in [-0.15, -0.1) is 0 Å². The zero-order chi connectivity index (χ0) is 43.1. The highest BCUT2D eigenvalue weighted by molar-refractivity contribution is 5.71. The second-order valence-electron chi connectivity index (χ2n) is 18.6. The van der Waals surface area contributed by atoms with Crippen molar-refractivity contribution < 1.29 is 28.6 Å². The predicted octanol–water partition coefficient (Wildman–Crippen LogP) is 17.1. The molecular formula is C53H102O6. The molecule has 1 atom stereocenters. The maximum absolute atomic E-state index is 12.8. The lowest BCUT2D eigenvalue weighted by Gasteiger charge is -2.18. The molecule has 0 saturated heterocycles. The van der Waals surface area contributed by atoms with Crippen molar-refractivity contribution in [2.45, 2.75) is 303 Å². The molecule has 0 aromatic rings. The molecule has 0 aliphatic heterocycles. The van der Waals surface area contributed by atoms with Crippen LogP contribution in [0, 0.1) is 5.92 Å². The van der Waals surface area contributed by atoms with Crippen molar-refractivity contribution in [3.8, 4) is 0 Å². The Labute approximate surface area is 368 Å². The van der Waals surface area contributed by atoms with E-state index in [4.69, 9.17) is 14.2 Å². The van der Waals surface area contributed by atoms with Crippen LogP contribution < -0.4 is 0 Å². The first kappa shape index (κ1) is 57.4. The van der Waals surface area contributed by atoms with E-state index >= 15 is 0 Å². The Morgan fingerprint density at radius 3 is 0.831 bits per heavy atom. The van der Waals surface area contributed by atoms with Gasteiger partial charge in [0.15, 0.2) is 6.10 Å². The van der Waals surface area contributed by atoms with Gasteiger partial charge in [-0.25, -0.2) is 0 Å². The van der Waals surface area contributed by atoms with Crippen molar-refractivity contribution >= 4 is 17.9 Å². The van der Waals surface area contributed by atoms with Gasteiger partial charge in [0.25, 0.3) is 0 Å². The van der Waals surface area contributed by atoms with Gasteiger partial charge in [-0.2, -0.15) is 0 Å². The highest BCUT2D eigenvalue weighted by Crippen LogP contribution is 2.17. The van der Waals surface area contributed by atoms with E-state index in [9.17, 15) is 14.4 Å². The van der Waals surface area contributed by atoms with Crippen molar-refractivity contribution in [3.63, 3.8) is 0 Å².